The summed E-state index contributed by atoms with van der Waals surface area (Å²) in [6.07, 6.45) is 2.87. The number of benzene rings is 2. The Hall–Kier alpha value is -2.78. The molecule has 1 N–H and O–H groups in total. The first-order chi connectivity index (χ1) is 13.8. The molecule has 29 heavy (non-hydrogen) atoms. The van der Waals surface area contributed by atoms with E-state index < -0.39 is 21.9 Å². The van der Waals surface area contributed by atoms with Gasteiger partial charge >= 0.3 is 0 Å². The molecule has 2 atom stereocenters. The predicted molar refractivity (Wildman–Crippen MR) is 105 cm³/mol. The average molecular weight is 418 g/mol. The topological polar surface area (TPSA) is 67.2 Å². The summed E-state index contributed by atoms with van der Waals surface area (Å²) in [4.78, 5) is 3.97. The Balaban J connectivity index is 1.67. The van der Waals surface area contributed by atoms with Crippen LogP contribution >= 0.6 is 0 Å². The zero-order valence-electron chi connectivity index (χ0n) is 15.7. The molecule has 9 heteroatoms. The lowest BCUT2D eigenvalue weighted by Crippen LogP contribution is -2.32. The summed E-state index contributed by atoms with van der Waals surface area (Å²) < 4.78 is 56.5. The minimum atomic E-state index is -3.81. The van der Waals surface area contributed by atoms with Gasteiger partial charge in [-0.15, -0.1) is 0 Å². The van der Waals surface area contributed by atoms with Crippen LogP contribution in [0.25, 0.3) is 0 Å². The zero-order valence-corrected chi connectivity index (χ0v) is 16.5. The van der Waals surface area contributed by atoms with Crippen molar-refractivity contribution < 1.29 is 17.2 Å². The van der Waals surface area contributed by atoms with Crippen LogP contribution in [-0.4, -0.2) is 41.4 Å². The first-order valence-electron chi connectivity index (χ1n) is 9.09. The van der Waals surface area contributed by atoms with E-state index in [4.69, 9.17) is 0 Å². The van der Waals surface area contributed by atoms with E-state index in [1.54, 1.807) is 41.9 Å². The van der Waals surface area contributed by atoms with Crippen LogP contribution < -0.4 is 5.32 Å². The van der Waals surface area contributed by atoms with Crippen LogP contribution in [0.4, 0.5) is 14.5 Å². The van der Waals surface area contributed by atoms with E-state index in [2.05, 4.69) is 10.3 Å². The predicted octanol–water partition coefficient (Wildman–Crippen LogP) is 2.97. The van der Waals surface area contributed by atoms with E-state index in [0.717, 1.165) is 5.56 Å². The molecule has 0 radical (unpaired) electrons. The molecular formula is C20H20F2N4O2S. The van der Waals surface area contributed by atoms with Gasteiger partial charge in [0.2, 0.25) is 0 Å². The molecule has 2 heterocycles. The summed E-state index contributed by atoms with van der Waals surface area (Å²) >= 11 is 0. The fourth-order valence-electron chi connectivity index (χ4n) is 3.59. The van der Waals surface area contributed by atoms with Crippen LogP contribution in [0.3, 0.4) is 0 Å². The summed E-state index contributed by atoms with van der Waals surface area (Å²) in [6.45, 7) is 0.311. The summed E-state index contributed by atoms with van der Waals surface area (Å²) in [6, 6.07) is 11.8. The number of para-hydroxylation sites is 1. The molecule has 0 unspecified atom stereocenters. The van der Waals surface area contributed by atoms with Crippen molar-refractivity contribution in [1.29, 1.82) is 0 Å². The van der Waals surface area contributed by atoms with Gasteiger partial charge < -0.3 is 9.88 Å². The van der Waals surface area contributed by atoms with Crippen molar-refractivity contribution in [3.63, 3.8) is 0 Å². The molecule has 1 saturated heterocycles. The third kappa shape index (κ3) is 3.88. The lowest BCUT2D eigenvalue weighted by Gasteiger charge is -2.21. The number of sulfonamides is 1. The number of hydrogen-bond acceptors (Lipinski definition) is 4. The smallest absolute Gasteiger partial charge is 0.262 e. The van der Waals surface area contributed by atoms with Crippen molar-refractivity contribution in [2.75, 3.05) is 18.4 Å². The lowest BCUT2D eigenvalue weighted by molar-refractivity contribution is 0.468. The van der Waals surface area contributed by atoms with Crippen LogP contribution in [0.15, 0.2) is 66.1 Å². The fourth-order valence-corrected chi connectivity index (χ4v) is 5.05. The highest BCUT2D eigenvalue weighted by atomic mass is 32.2. The second-order valence-corrected chi connectivity index (χ2v) is 8.97. The lowest BCUT2D eigenvalue weighted by atomic mass is 9.94. The van der Waals surface area contributed by atoms with E-state index in [9.17, 15) is 17.2 Å². The van der Waals surface area contributed by atoms with Crippen molar-refractivity contribution in [2.45, 2.75) is 17.0 Å². The highest BCUT2D eigenvalue weighted by Crippen LogP contribution is 2.33. The van der Waals surface area contributed by atoms with Crippen molar-refractivity contribution in [3.05, 3.63) is 78.3 Å². The molecule has 0 amide bonds. The quantitative estimate of drug-likeness (QED) is 0.692. The second-order valence-electron chi connectivity index (χ2n) is 7.09. The Morgan fingerprint density at radius 1 is 1.07 bits per heavy atom. The maximum atomic E-state index is 14.2. The second kappa shape index (κ2) is 7.57. The van der Waals surface area contributed by atoms with Crippen LogP contribution in [0.1, 0.15) is 11.5 Å². The normalized spacial score (nSPS) is 20.1. The maximum Gasteiger partial charge on any atom is 0.262 e. The number of nitrogens with one attached hydrogen (secondary N) is 1. The third-order valence-corrected chi connectivity index (χ3v) is 6.80. The maximum absolute atomic E-state index is 14.2. The van der Waals surface area contributed by atoms with Gasteiger partial charge in [-0.25, -0.2) is 22.2 Å². The number of halogens is 2. The van der Waals surface area contributed by atoms with E-state index in [1.165, 1.54) is 35.0 Å². The summed E-state index contributed by atoms with van der Waals surface area (Å²) in [7, 11) is -2.11. The first-order valence-corrected chi connectivity index (χ1v) is 10.5. The van der Waals surface area contributed by atoms with Gasteiger partial charge in [-0.2, -0.15) is 4.31 Å². The molecule has 1 fully saturated rings. The molecule has 152 valence electrons. The van der Waals surface area contributed by atoms with Crippen molar-refractivity contribution in [1.82, 2.24) is 13.9 Å². The monoisotopic (exact) mass is 418 g/mol. The fraction of sp³-hybridized carbons (Fsp3) is 0.250. The molecule has 6 nitrogen and oxygen atoms in total. The zero-order chi connectivity index (χ0) is 20.6. The molecule has 2 aromatic carbocycles. The highest BCUT2D eigenvalue weighted by molar-refractivity contribution is 7.89. The number of aromatic nitrogens is 2. The number of anilines is 1. The molecule has 1 aliphatic rings. The van der Waals surface area contributed by atoms with E-state index in [-0.39, 0.29) is 29.9 Å². The van der Waals surface area contributed by atoms with Gasteiger partial charge in [-0.05, 0) is 29.8 Å². The molecule has 4 rings (SSSR count). The van der Waals surface area contributed by atoms with Crippen LogP contribution in [0.2, 0.25) is 0 Å². The van der Waals surface area contributed by atoms with Crippen LogP contribution in [0.5, 0.6) is 0 Å². The molecular weight excluding hydrogens is 398 g/mol. The van der Waals surface area contributed by atoms with E-state index in [1.807, 2.05) is 0 Å². The van der Waals surface area contributed by atoms with Crippen LogP contribution in [0, 0.1) is 11.6 Å². The Morgan fingerprint density at radius 2 is 1.79 bits per heavy atom. The van der Waals surface area contributed by atoms with Gasteiger partial charge in [0.1, 0.15) is 11.6 Å². The first kappa shape index (κ1) is 19.5. The SMILES string of the molecule is Cn1cnc(S(=O)(=O)N2C[C@@H](Nc3ccccc3F)[C@H](c3ccc(F)cc3)C2)c1. The molecule has 3 aromatic rings. The number of aryl methyl sites for hydroxylation is 1. The van der Waals surface area contributed by atoms with Gasteiger partial charge in [0.05, 0.1) is 12.0 Å². The number of hydrogen-bond donors (Lipinski definition) is 1. The van der Waals surface area contributed by atoms with Crippen LogP contribution in [-0.2, 0) is 17.1 Å². The van der Waals surface area contributed by atoms with Gasteiger partial charge in [-0.1, -0.05) is 24.3 Å². The minimum Gasteiger partial charge on any atom is -0.378 e. The summed E-state index contributed by atoms with van der Waals surface area (Å²) in [5.74, 6) is -1.08. The van der Waals surface area contributed by atoms with Gasteiger partial charge in [-0.3, -0.25) is 0 Å². The van der Waals surface area contributed by atoms with Gasteiger partial charge in [0.15, 0.2) is 5.03 Å². The van der Waals surface area contributed by atoms with Gasteiger partial charge in [0.25, 0.3) is 10.0 Å². The van der Waals surface area contributed by atoms with E-state index >= 15 is 0 Å². The largest absolute Gasteiger partial charge is 0.378 e. The highest BCUT2D eigenvalue weighted by Gasteiger charge is 2.41. The number of nitrogens with zero attached hydrogens (tertiary/aromatic N) is 3. The number of imidazole rings is 1. The standard InChI is InChI=1S/C20H20F2N4O2S/c1-25-12-20(23-13-25)29(27,28)26-10-16(14-6-8-15(21)9-7-14)19(11-26)24-18-5-3-2-4-17(18)22/h2-9,12-13,16,19,24H,10-11H2,1H3/t16-,19+/m0/s1. The van der Waals surface area contributed by atoms with Gasteiger partial charge in [0, 0.05) is 38.3 Å². The molecule has 0 aliphatic carbocycles. The van der Waals surface area contributed by atoms with E-state index in [0.29, 0.717) is 5.69 Å². The van der Waals surface area contributed by atoms with Crippen molar-refractivity contribution in [2.24, 2.45) is 7.05 Å². The minimum absolute atomic E-state index is 0.0376. The van der Waals surface area contributed by atoms with Crippen molar-refractivity contribution >= 4 is 15.7 Å². The molecule has 0 spiro atoms. The Kier molecular flexibility index (Phi) is 5.10. The average Bonchev–Trinajstić information content (AvgIpc) is 3.32. The Labute approximate surface area is 167 Å². The Morgan fingerprint density at radius 3 is 2.45 bits per heavy atom. The Bertz CT molecular complexity index is 1120. The summed E-state index contributed by atoms with van der Waals surface area (Å²) in [5, 5.41) is 3.09. The summed E-state index contributed by atoms with van der Waals surface area (Å²) in [5.41, 5.74) is 1.07. The molecule has 1 aromatic heterocycles. The van der Waals surface area contributed by atoms with Crippen molar-refractivity contribution in [3.8, 4) is 0 Å². The number of rotatable bonds is 5. The third-order valence-electron chi connectivity index (χ3n) is 5.08. The molecule has 0 saturated carbocycles. The molecule has 1 aliphatic heterocycles. The molecule has 0 bridgehead atoms.